The number of amides is 1. The van der Waals surface area contributed by atoms with Gasteiger partial charge in [0.05, 0.1) is 19.1 Å². The van der Waals surface area contributed by atoms with Crippen LogP contribution in [0.15, 0.2) is 23.1 Å². The van der Waals surface area contributed by atoms with Crippen LogP contribution in [-0.2, 0) is 9.59 Å². The Bertz CT molecular complexity index is 732. The molecule has 0 saturated carbocycles. The van der Waals surface area contributed by atoms with Crippen LogP contribution >= 0.6 is 24.0 Å². The number of benzene rings is 1. The molecule has 1 aliphatic heterocycles. The first kappa shape index (κ1) is 19.3. The maximum absolute atomic E-state index is 12.7. The van der Waals surface area contributed by atoms with Crippen molar-refractivity contribution in [1.82, 2.24) is 4.90 Å². The molecule has 6 nitrogen and oxygen atoms in total. The van der Waals surface area contributed by atoms with Crippen molar-refractivity contribution in [2.24, 2.45) is 0 Å². The van der Waals surface area contributed by atoms with Crippen molar-refractivity contribution >= 4 is 46.3 Å². The maximum atomic E-state index is 12.7. The molecule has 0 unspecified atom stereocenters. The minimum atomic E-state index is -1.05. The van der Waals surface area contributed by atoms with Crippen molar-refractivity contribution in [1.29, 1.82) is 0 Å². The number of aliphatic carboxylic acids is 1. The molecule has 1 fully saturated rings. The van der Waals surface area contributed by atoms with Crippen LogP contribution in [0.1, 0.15) is 25.3 Å². The zero-order valence-corrected chi connectivity index (χ0v) is 15.8. The number of carbonyl (C=O) groups excluding carboxylic acids is 1. The number of thiocarbonyl (C=S) groups is 1. The average molecular weight is 381 g/mol. The number of carboxylic acids is 1. The Morgan fingerprint density at radius 2 is 2.12 bits per heavy atom. The van der Waals surface area contributed by atoms with Crippen LogP contribution in [-0.4, -0.2) is 46.5 Å². The number of ether oxygens (including phenoxy) is 2. The van der Waals surface area contributed by atoms with Crippen molar-refractivity contribution in [2.75, 3.05) is 14.2 Å². The fourth-order valence-electron chi connectivity index (χ4n) is 2.46. The molecule has 1 heterocycles. The van der Waals surface area contributed by atoms with Gasteiger partial charge in [-0.3, -0.25) is 9.69 Å². The predicted octanol–water partition coefficient (Wildman–Crippen LogP) is 3.16. The van der Waals surface area contributed by atoms with Gasteiger partial charge in [-0.2, -0.15) is 0 Å². The second-order valence-electron chi connectivity index (χ2n) is 5.30. The number of carbonyl (C=O) groups is 2. The van der Waals surface area contributed by atoms with Gasteiger partial charge < -0.3 is 14.6 Å². The Hall–Kier alpha value is -2.06. The van der Waals surface area contributed by atoms with Gasteiger partial charge >= 0.3 is 5.97 Å². The minimum Gasteiger partial charge on any atom is -0.497 e. The van der Waals surface area contributed by atoms with Gasteiger partial charge in [-0.25, -0.2) is 4.79 Å². The number of nitrogens with zero attached hydrogens (tertiary/aromatic N) is 1. The SMILES string of the molecule is CCC[C@@H](C(=O)O)N1C(=O)/C(=C/c2ccc(OC)cc2OC)SC1=S. The Morgan fingerprint density at radius 3 is 2.68 bits per heavy atom. The third kappa shape index (κ3) is 4.13. The smallest absolute Gasteiger partial charge is 0.326 e. The van der Waals surface area contributed by atoms with E-state index in [1.807, 2.05) is 6.92 Å². The van der Waals surface area contributed by atoms with Gasteiger partial charge in [-0.1, -0.05) is 37.3 Å². The highest BCUT2D eigenvalue weighted by Gasteiger charge is 2.40. The van der Waals surface area contributed by atoms with Gasteiger partial charge in [0, 0.05) is 11.6 Å². The molecule has 1 N–H and O–H groups in total. The summed E-state index contributed by atoms with van der Waals surface area (Å²) in [5.41, 5.74) is 0.686. The van der Waals surface area contributed by atoms with Crippen LogP contribution < -0.4 is 9.47 Å². The van der Waals surface area contributed by atoms with Crippen LogP contribution in [0.3, 0.4) is 0 Å². The zero-order valence-electron chi connectivity index (χ0n) is 14.1. The summed E-state index contributed by atoms with van der Waals surface area (Å²) >= 11 is 6.33. The zero-order chi connectivity index (χ0) is 18.6. The highest BCUT2D eigenvalue weighted by atomic mass is 32.2. The molecule has 8 heteroatoms. The molecular weight excluding hydrogens is 362 g/mol. The second-order valence-corrected chi connectivity index (χ2v) is 6.98. The molecule has 1 aromatic carbocycles. The highest BCUT2D eigenvalue weighted by Crippen LogP contribution is 2.36. The minimum absolute atomic E-state index is 0.254. The summed E-state index contributed by atoms with van der Waals surface area (Å²) in [5.74, 6) is -0.265. The van der Waals surface area contributed by atoms with Crippen molar-refractivity contribution in [2.45, 2.75) is 25.8 Å². The van der Waals surface area contributed by atoms with Crippen LogP contribution in [0.4, 0.5) is 0 Å². The normalized spacial score (nSPS) is 17.1. The predicted molar refractivity (Wildman–Crippen MR) is 101 cm³/mol. The Kier molecular flexibility index (Phi) is 6.44. The number of thioether (sulfide) groups is 1. The number of rotatable bonds is 7. The monoisotopic (exact) mass is 381 g/mol. The van der Waals surface area contributed by atoms with E-state index in [0.717, 1.165) is 11.8 Å². The van der Waals surface area contributed by atoms with E-state index in [1.165, 1.54) is 12.0 Å². The molecule has 0 radical (unpaired) electrons. The Balaban J connectivity index is 2.36. The fourth-order valence-corrected chi connectivity index (χ4v) is 3.81. The maximum Gasteiger partial charge on any atom is 0.326 e. The van der Waals surface area contributed by atoms with Crippen LogP contribution in [0, 0.1) is 0 Å². The third-order valence-corrected chi connectivity index (χ3v) is 5.04. The van der Waals surface area contributed by atoms with Gasteiger partial charge in [0.2, 0.25) is 0 Å². The van der Waals surface area contributed by atoms with Gasteiger partial charge in [-0.05, 0) is 24.6 Å². The topological polar surface area (TPSA) is 76.1 Å². The average Bonchev–Trinajstić information content (AvgIpc) is 2.86. The molecule has 1 aromatic rings. The van der Waals surface area contributed by atoms with E-state index in [0.29, 0.717) is 34.8 Å². The number of carboxylic acid groups (broad SMARTS) is 1. The van der Waals surface area contributed by atoms with E-state index in [9.17, 15) is 14.7 Å². The molecule has 1 amide bonds. The van der Waals surface area contributed by atoms with Crippen molar-refractivity contribution < 1.29 is 24.2 Å². The first-order valence-electron chi connectivity index (χ1n) is 7.64. The summed E-state index contributed by atoms with van der Waals surface area (Å²) in [6.45, 7) is 1.87. The molecule has 134 valence electrons. The van der Waals surface area contributed by atoms with Gasteiger partial charge in [-0.15, -0.1) is 0 Å². The van der Waals surface area contributed by atoms with E-state index in [-0.39, 0.29) is 4.32 Å². The molecule has 25 heavy (non-hydrogen) atoms. The van der Waals surface area contributed by atoms with Crippen LogP contribution in [0.5, 0.6) is 11.5 Å². The van der Waals surface area contributed by atoms with E-state index < -0.39 is 17.9 Å². The molecule has 1 aliphatic rings. The van der Waals surface area contributed by atoms with Crippen molar-refractivity contribution in [3.63, 3.8) is 0 Å². The van der Waals surface area contributed by atoms with Gasteiger partial charge in [0.25, 0.3) is 5.91 Å². The Labute approximate surface area is 155 Å². The second kappa shape index (κ2) is 8.35. The summed E-state index contributed by atoms with van der Waals surface area (Å²) in [7, 11) is 3.08. The summed E-state index contributed by atoms with van der Waals surface area (Å²) in [5, 5.41) is 9.40. The fraction of sp³-hybridized carbons (Fsp3) is 0.353. The van der Waals surface area contributed by atoms with E-state index >= 15 is 0 Å². The standard InChI is InChI=1S/C17H19NO5S2/c1-4-5-12(16(20)21)18-15(19)14(25-17(18)24)8-10-6-7-11(22-2)9-13(10)23-3/h6-9,12H,4-5H2,1-3H3,(H,20,21)/b14-8-/t12-/m0/s1. The quantitative estimate of drug-likeness (QED) is 0.574. The third-order valence-electron chi connectivity index (χ3n) is 3.71. The first-order valence-corrected chi connectivity index (χ1v) is 8.87. The summed E-state index contributed by atoms with van der Waals surface area (Å²) < 4.78 is 10.7. The highest BCUT2D eigenvalue weighted by molar-refractivity contribution is 8.26. The van der Waals surface area contributed by atoms with E-state index in [4.69, 9.17) is 21.7 Å². The van der Waals surface area contributed by atoms with Crippen LogP contribution in [0.2, 0.25) is 0 Å². The molecule has 0 bridgehead atoms. The lowest BCUT2D eigenvalue weighted by Gasteiger charge is -2.22. The first-order chi connectivity index (χ1) is 11.9. The van der Waals surface area contributed by atoms with Crippen molar-refractivity contribution in [3.05, 3.63) is 28.7 Å². The van der Waals surface area contributed by atoms with Gasteiger partial charge in [0.1, 0.15) is 21.9 Å². The van der Waals surface area contributed by atoms with E-state index in [1.54, 1.807) is 31.4 Å². The number of methoxy groups -OCH3 is 2. The lowest BCUT2D eigenvalue weighted by atomic mass is 10.1. The Morgan fingerprint density at radius 1 is 1.40 bits per heavy atom. The molecule has 2 rings (SSSR count). The molecule has 0 aromatic heterocycles. The van der Waals surface area contributed by atoms with Gasteiger partial charge in [0.15, 0.2) is 0 Å². The summed E-state index contributed by atoms with van der Waals surface area (Å²) in [6.07, 6.45) is 2.64. The van der Waals surface area contributed by atoms with Crippen LogP contribution in [0.25, 0.3) is 6.08 Å². The van der Waals surface area contributed by atoms with Crippen molar-refractivity contribution in [3.8, 4) is 11.5 Å². The number of hydrogen-bond acceptors (Lipinski definition) is 6. The van der Waals surface area contributed by atoms with E-state index in [2.05, 4.69) is 0 Å². The lowest BCUT2D eigenvalue weighted by molar-refractivity contribution is -0.145. The molecular formula is C17H19NO5S2. The molecule has 1 saturated heterocycles. The molecule has 0 spiro atoms. The largest absolute Gasteiger partial charge is 0.497 e. The summed E-state index contributed by atoms with van der Waals surface area (Å²) in [4.78, 5) is 25.7. The summed E-state index contributed by atoms with van der Waals surface area (Å²) in [6, 6.07) is 4.29. The number of hydrogen-bond donors (Lipinski definition) is 1. The molecule has 1 atom stereocenters. The lowest BCUT2D eigenvalue weighted by Crippen LogP contribution is -2.43. The molecule has 0 aliphatic carbocycles.